The second-order valence-corrected chi connectivity index (χ2v) is 6.87. The summed E-state index contributed by atoms with van der Waals surface area (Å²) in [5.74, 6) is -0.939. The van der Waals surface area contributed by atoms with Crippen molar-refractivity contribution in [3.63, 3.8) is 0 Å². The summed E-state index contributed by atoms with van der Waals surface area (Å²) in [7, 11) is 3.16. The van der Waals surface area contributed by atoms with Gasteiger partial charge in [0.1, 0.15) is 5.54 Å². The molecule has 2 aromatic carbocycles. The van der Waals surface area contributed by atoms with Crippen molar-refractivity contribution in [2.75, 3.05) is 20.8 Å². The first-order valence-electron chi connectivity index (χ1n) is 8.86. The zero-order chi connectivity index (χ0) is 19.6. The molecule has 0 bridgehead atoms. The van der Waals surface area contributed by atoms with Crippen LogP contribution in [0.3, 0.4) is 0 Å². The van der Waals surface area contributed by atoms with E-state index in [1.165, 1.54) is 40.3 Å². The van der Waals surface area contributed by atoms with Crippen molar-refractivity contribution in [2.24, 2.45) is 0 Å². The number of carboxylic acid groups (broad SMARTS) is 1. The third-order valence-corrected chi connectivity index (χ3v) is 5.45. The third-order valence-electron chi connectivity index (χ3n) is 5.45. The van der Waals surface area contributed by atoms with Crippen molar-refractivity contribution < 1.29 is 19.4 Å². The van der Waals surface area contributed by atoms with Crippen molar-refractivity contribution in [3.05, 3.63) is 72.3 Å². The summed E-state index contributed by atoms with van der Waals surface area (Å²) < 4.78 is 11.5. The van der Waals surface area contributed by atoms with E-state index in [0.717, 1.165) is 0 Å². The van der Waals surface area contributed by atoms with Gasteiger partial charge in [-0.1, -0.05) is 54.6 Å². The Bertz CT molecular complexity index is 804. The van der Waals surface area contributed by atoms with Gasteiger partial charge in [0.15, 0.2) is 0 Å². The van der Waals surface area contributed by atoms with Gasteiger partial charge in [-0.15, -0.1) is 6.58 Å². The van der Waals surface area contributed by atoms with Gasteiger partial charge in [0.05, 0.1) is 6.61 Å². The van der Waals surface area contributed by atoms with Crippen LogP contribution in [-0.4, -0.2) is 48.7 Å². The maximum Gasteiger partial charge on any atom is 0.327 e. The number of nitrogens with zero attached hydrogens (tertiary/aromatic N) is 1. The highest BCUT2D eigenvalue weighted by molar-refractivity contribution is 5.81. The van der Waals surface area contributed by atoms with Gasteiger partial charge in [-0.25, -0.2) is 9.69 Å². The van der Waals surface area contributed by atoms with Crippen LogP contribution in [0.1, 0.15) is 24.0 Å². The summed E-state index contributed by atoms with van der Waals surface area (Å²) in [5, 5.41) is 9.56. The number of hydrogen-bond acceptors (Lipinski definition) is 4. The molecule has 0 heterocycles. The summed E-state index contributed by atoms with van der Waals surface area (Å²) in [6.07, 6.45) is 0.564. The number of rotatable bonds is 8. The standard InChI is InChI=1S/C22H25NO4/c1-5-22(2,20(24)25)23(3)21(26-4)27-14-19-17-12-8-6-10-15(17)16-11-7-9-13-18(16)19/h5-13,19,21H,1,14H2,2-4H3,(H,24,25). The van der Waals surface area contributed by atoms with Crippen LogP contribution >= 0.6 is 0 Å². The van der Waals surface area contributed by atoms with Crippen LogP contribution in [0.4, 0.5) is 0 Å². The molecule has 5 heteroatoms. The Balaban J connectivity index is 1.83. The van der Waals surface area contributed by atoms with Crippen LogP contribution < -0.4 is 0 Å². The van der Waals surface area contributed by atoms with Crippen LogP contribution in [0.15, 0.2) is 61.2 Å². The van der Waals surface area contributed by atoms with E-state index in [1.807, 2.05) is 24.3 Å². The second-order valence-electron chi connectivity index (χ2n) is 6.87. The number of carbonyl (C=O) groups is 1. The van der Waals surface area contributed by atoms with Crippen molar-refractivity contribution in [3.8, 4) is 11.1 Å². The Morgan fingerprint density at radius 1 is 1.22 bits per heavy atom. The number of aliphatic carboxylic acids is 1. The Morgan fingerprint density at radius 3 is 2.19 bits per heavy atom. The molecule has 2 atom stereocenters. The van der Waals surface area contributed by atoms with Gasteiger partial charge in [0.25, 0.3) is 0 Å². The molecule has 0 saturated heterocycles. The highest BCUT2D eigenvalue weighted by Gasteiger charge is 2.39. The number of carboxylic acids is 1. The van der Waals surface area contributed by atoms with Gasteiger partial charge in [0, 0.05) is 13.0 Å². The van der Waals surface area contributed by atoms with Gasteiger partial charge < -0.3 is 14.6 Å². The molecule has 1 aliphatic rings. The van der Waals surface area contributed by atoms with Gasteiger partial charge in [0.2, 0.25) is 6.41 Å². The van der Waals surface area contributed by atoms with Crippen LogP contribution in [-0.2, 0) is 14.3 Å². The average Bonchev–Trinajstić information content (AvgIpc) is 3.01. The molecule has 1 N–H and O–H groups in total. The predicted molar refractivity (Wildman–Crippen MR) is 104 cm³/mol. The normalized spacial score (nSPS) is 16.4. The minimum atomic E-state index is -1.30. The smallest absolute Gasteiger partial charge is 0.327 e. The summed E-state index contributed by atoms with van der Waals surface area (Å²) >= 11 is 0. The third kappa shape index (κ3) is 3.30. The van der Waals surface area contributed by atoms with Crippen LogP contribution in [0.2, 0.25) is 0 Å². The molecule has 142 valence electrons. The highest BCUT2D eigenvalue weighted by atomic mass is 16.7. The first-order chi connectivity index (χ1) is 12.9. The quantitative estimate of drug-likeness (QED) is 0.569. The fraction of sp³-hybridized carbons (Fsp3) is 0.318. The predicted octanol–water partition coefficient (Wildman–Crippen LogP) is 3.71. The topological polar surface area (TPSA) is 59.0 Å². The lowest BCUT2D eigenvalue weighted by atomic mass is 9.98. The fourth-order valence-electron chi connectivity index (χ4n) is 3.56. The molecule has 0 aliphatic heterocycles. The van der Waals surface area contributed by atoms with Crippen LogP contribution in [0.25, 0.3) is 11.1 Å². The molecular formula is C22H25NO4. The number of hydrogen-bond donors (Lipinski definition) is 1. The first-order valence-corrected chi connectivity index (χ1v) is 8.86. The molecule has 0 radical (unpaired) electrons. The van der Waals surface area contributed by atoms with E-state index in [0.29, 0.717) is 6.61 Å². The maximum absolute atomic E-state index is 11.7. The largest absolute Gasteiger partial charge is 0.480 e. The molecule has 0 fully saturated rings. The Hall–Kier alpha value is -2.47. The lowest BCUT2D eigenvalue weighted by Crippen LogP contribution is -2.54. The minimum Gasteiger partial charge on any atom is -0.480 e. The fourth-order valence-corrected chi connectivity index (χ4v) is 3.56. The molecule has 3 rings (SSSR count). The lowest BCUT2D eigenvalue weighted by Gasteiger charge is -2.37. The molecule has 0 aromatic heterocycles. The Morgan fingerprint density at radius 2 is 1.74 bits per heavy atom. The number of benzene rings is 2. The van der Waals surface area contributed by atoms with E-state index in [-0.39, 0.29) is 5.92 Å². The van der Waals surface area contributed by atoms with Crippen molar-refractivity contribution in [2.45, 2.75) is 24.8 Å². The zero-order valence-electron chi connectivity index (χ0n) is 15.9. The number of likely N-dealkylation sites (N-methyl/N-ethyl adjacent to an activating group) is 1. The SMILES string of the molecule is C=CC(C)(C(=O)O)N(C)C(OC)OCC1c2ccccc2-c2ccccc21. The maximum atomic E-state index is 11.7. The molecule has 2 aromatic rings. The van der Waals surface area contributed by atoms with E-state index >= 15 is 0 Å². The molecule has 0 saturated carbocycles. The van der Waals surface area contributed by atoms with E-state index in [4.69, 9.17) is 9.47 Å². The van der Waals surface area contributed by atoms with Crippen LogP contribution in [0, 0.1) is 0 Å². The van der Waals surface area contributed by atoms with Crippen molar-refractivity contribution in [1.29, 1.82) is 0 Å². The summed E-state index contributed by atoms with van der Waals surface area (Å²) in [6, 6.07) is 16.6. The molecule has 0 amide bonds. The molecular weight excluding hydrogens is 342 g/mol. The summed E-state index contributed by atoms with van der Waals surface area (Å²) in [6.45, 7) is 5.60. The average molecular weight is 367 g/mol. The summed E-state index contributed by atoms with van der Waals surface area (Å²) in [5.41, 5.74) is 3.55. The summed E-state index contributed by atoms with van der Waals surface area (Å²) in [4.78, 5) is 13.2. The van der Waals surface area contributed by atoms with Crippen LogP contribution in [0.5, 0.6) is 0 Å². The second kappa shape index (κ2) is 7.64. The number of fused-ring (bicyclic) bond motifs is 3. The van der Waals surface area contributed by atoms with E-state index < -0.39 is 17.9 Å². The molecule has 1 aliphatic carbocycles. The Labute approximate surface area is 159 Å². The number of methoxy groups -OCH3 is 1. The minimum absolute atomic E-state index is 0.0725. The van der Waals surface area contributed by atoms with E-state index in [1.54, 1.807) is 14.0 Å². The lowest BCUT2D eigenvalue weighted by molar-refractivity contribution is -0.226. The monoisotopic (exact) mass is 367 g/mol. The van der Waals surface area contributed by atoms with Crippen molar-refractivity contribution in [1.82, 2.24) is 4.90 Å². The molecule has 0 spiro atoms. The van der Waals surface area contributed by atoms with E-state index in [9.17, 15) is 9.90 Å². The molecule has 5 nitrogen and oxygen atoms in total. The highest BCUT2D eigenvalue weighted by Crippen LogP contribution is 2.44. The van der Waals surface area contributed by atoms with Crippen molar-refractivity contribution >= 4 is 5.97 Å². The Kier molecular flexibility index (Phi) is 5.46. The van der Waals surface area contributed by atoms with Gasteiger partial charge in [-0.05, 0) is 36.2 Å². The van der Waals surface area contributed by atoms with E-state index in [2.05, 4.69) is 30.8 Å². The first kappa shape index (κ1) is 19.3. The van der Waals surface area contributed by atoms with Gasteiger partial charge in [-0.2, -0.15) is 0 Å². The van der Waals surface area contributed by atoms with Gasteiger partial charge in [-0.3, -0.25) is 0 Å². The zero-order valence-corrected chi connectivity index (χ0v) is 15.9. The molecule has 27 heavy (non-hydrogen) atoms. The van der Waals surface area contributed by atoms with Gasteiger partial charge >= 0.3 is 5.97 Å². The number of ether oxygens (including phenoxy) is 2. The molecule has 2 unspecified atom stereocenters.